The Hall–Kier alpha value is -0.740. The first-order valence-electron chi connectivity index (χ1n) is 5.87. The van der Waals surface area contributed by atoms with Crippen LogP contribution < -0.4 is 0 Å². The average molecular weight is 224 g/mol. The largest absolute Gasteiger partial charge is 0.395 e. The lowest BCUT2D eigenvalue weighted by Crippen LogP contribution is -2.64. The van der Waals surface area contributed by atoms with E-state index in [4.69, 9.17) is 0 Å². The molecule has 4 aliphatic carbocycles. The van der Waals surface area contributed by atoms with Gasteiger partial charge in [-0.2, -0.15) is 0 Å². The minimum atomic E-state index is -0.720. The normalized spacial score (nSPS) is 50.1. The number of ketones is 2. The fourth-order valence-corrected chi connectivity index (χ4v) is 4.28. The number of hydrogen-bond acceptors (Lipinski definition) is 4. The maximum Gasteiger partial charge on any atom is 0.144 e. The van der Waals surface area contributed by atoms with Crippen molar-refractivity contribution >= 4 is 11.6 Å². The molecule has 0 aromatic heterocycles. The van der Waals surface area contributed by atoms with E-state index < -0.39 is 10.8 Å². The quantitative estimate of drug-likeness (QED) is 0.687. The van der Waals surface area contributed by atoms with Crippen molar-refractivity contribution in [1.29, 1.82) is 0 Å². The zero-order valence-corrected chi connectivity index (χ0v) is 9.11. The SMILES string of the molecule is O=C1C2CC3CC1(CO)CC(CO)(C2)C3=O. The summed E-state index contributed by atoms with van der Waals surface area (Å²) in [5.74, 6) is 0.0413. The minimum Gasteiger partial charge on any atom is -0.395 e. The van der Waals surface area contributed by atoms with E-state index in [0.29, 0.717) is 25.7 Å². The van der Waals surface area contributed by atoms with Crippen LogP contribution in [-0.4, -0.2) is 35.0 Å². The standard InChI is InChI=1S/C12H16O4/c13-5-11-2-7-1-8(10(11)16)3-12(4-11,6-14)9(7)15/h7-8,13-14H,1-6H2. The van der Waals surface area contributed by atoms with E-state index in [1.54, 1.807) is 0 Å². The van der Waals surface area contributed by atoms with Crippen LogP contribution in [-0.2, 0) is 9.59 Å². The van der Waals surface area contributed by atoms with Gasteiger partial charge in [-0.15, -0.1) is 0 Å². The fraction of sp³-hybridized carbons (Fsp3) is 0.833. The first kappa shape index (κ1) is 10.4. The van der Waals surface area contributed by atoms with E-state index in [0.717, 1.165) is 0 Å². The van der Waals surface area contributed by atoms with Gasteiger partial charge in [0.25, 0.3) is 0 Å². The number of Topliss-reactive ketones (excluding diaryl/α,β-unsaturated/α-hetero) is 2. The Bertz CT molecular complexity index is 343. The number of hydrogen-bond donors (Lipinski definition) is 2. The van der Waals surface area contributed by atoms with Crippen molar-refractivity contribution in [3.8, 4) is 0 Å². The topological polar surface area (TPSA) is 74.6 Å². The Morgan fingerprint density at radius 3 is 1.81 bits per heavy atom. The van der Waals surface area contributed by atoms with Gasteiger partial charge in [-0.05, 0) is 25.7 Å². The Morgan fingerprint density at radius 2 is 1.44 bits per heavy atom. The first-order valence-corrected chi connectivity index (χ1v) is 5.87. The number of aliphatic hydroxyl groups is 2. The summed E-state index contributed by atoms with van der Waals surface area (Å²) in [7, 11) is 0. The van der Waals surface area contributed by atoms with Crippen LogP contribution in [0, 0.1) is 22.7 Å². The van der Waals surface area contributed by atoms with E-state index in [1.807, 2.05) is 0 Å². The second-order valence-electron chi connectivity index (χ2n) is 5.82. The van der Waals surface area contributed by atoms with E-state index >= 15 is 0 Å². The monoisotopic (exact) mass is 224 g/mol. The van der Waals surface area contributed by atoms with Crippen LogP contribution in [0.1, 0.15) is 25.7 Å². The number of rotatable bonds is 2. The zero-order valence-electron chi connectivity index (χ0n) is 9.11. The molecule has 0 radical (unpaired) electrons. The molecule has 0 amide bonds. The van der Waals surface area contributed by atoms with Gasteiger partial charge in [0.05, 0.1) is 24.0 Å². The third-order valence-electron chi connectivity index (χ3n) is 4.91. The molecule has 88 valence electrons. The number of carbonyl (C=O) groups is 2. The van der Waals surface area contributed by atoms with Gasteiger partial charge in [-0.1, -0.05) is 0 Å². The Balaban J connectivity index is 2.09. The lowest BCUT2D eigenvalue weighted by atomic mass is 9.43. The second-order valence-corrected chi connectivity index (χ2v) is 5.82. The molecule has 0 aliphatic heterocycles. The van der Waals surface area contributed by atoms with Crippen LogP contribution in [0.4, 0.5) is 0 Å². The smallest absolute Gasteiger partial charge is 0.144 e. The van der Waals surface area contributed by atoms with Crippen LogP contribution in [0.5, 0.6) is 0 Å². The first-order chi connectivity index (χ1) is 7.57. The van der Waals surface area contributed by atoms with Crippen molar-refractivity contribution in [3.63, 3.8) is 0 Å². The van der Waals surface area contributed by atoms with Gasteiger partial charge >= 0.3 is 0 Å². The van der Waals surface area contributed by atoms with Gasteiger partial charge in [0.15, 0.2) is 0 Å². The molecule has 2 N–H and O–H groups in total. The summed E-state index contributed by atoms with van der Waals surface area (Å²) in [5, 5.41) is 19.0. The zero-order chi connectivity index (χ0) is 11.6. The van der Waals surface area contributed by atoms with Gasteiger partial charge < -0.3 is 10.2 Å². The molecular formula is C12H16O4. The van der Waals surface area contributed by atoms with Crippen molar-refractivity contribution < 1.29 is 19.8 Å². The van der Waals surface area contributed by atoms with Gasteiger partial charge in [0.2, 0.25) is 0 Å². The van der Waals surface area contributed by atoms with Crippen molar-refractivity contribution in [2.24, 2.45) is 22.7 Å². The van der Waals surface area contributed by atoms with Crippen LogP contribution in [0.3, 0.4) is 0 Å². The highest BCUT2D eigenvalue weighted by atomic mass is 16.3. The maximum atomic E-state index is 12.1. The molecular weight excluding hydrogens is 208 g/mol. The fourth-order valence-electron chi connectivity index (χ4n) is 4.28. The Morgan fingerprint density at radius 1 is 1.00 bits per heavy atom. The summed E-state index contributed by atoms with van der Waals surface area (Å²) in [5.41, 5.74) is -1.44. The molecule has 4 rings (SSSR count). The predicted molar refractivity (Wildman–Crippen MR) is 54.5 cm³/mol. The van der Waals surface area contributed by atoms with Crippen LogP contribution >= 0.6 is 0 Å². The van der Waals surface area contributed by atoms with E-state index in [1.165, 1.54) is 0 Å². The summed E-state index contributed by atoms with van der Waals surface area (Å²) in [6, 6.07) is 0. The molecule has 4 aliphatic rings. The lowest BCUT2D eigenvalue weighted by Gasteiger charge is -2.58. The molecule has 16 heavy (non-hydrogen) atoms. The predicted octanol–water partition coefficient (Wildman–Crippen LogP) is -0.0844. The molecule has 4 atom stereocenters. The van der Waals surface area contributed by atoms with Crippen molar-refractivity contribution in [2.45, 2.75) is 25.7 Å². The molecule has 4 saturated carbocycles. The highest BCUT2D eigenvalue weighted by molar-refractivity contribution is 5.99. The molecule has 0 aromatic rings. The van der Waals surface area contributed by atoms with Crippen LogP contribution in [0.2, 0.25) is 0 Å². The number of aliphatic hydroxyl groups excluding tert-OH is 2. The van der Waals surface area contributed by atoms with Crippen molar-refractivity contribution in [3.05, 3.63) is 0 Å². The minimum absolute atomic E-state index is 0.107. The van der Waals surface area contributed by atoms with Crippen molar-refractivity contribution in [2.75, 3.05) is 13.2 Å². The number of carbonyl (C=O) groups excluding carboxylic acids is 2. The molecule has 4 unspecified atom stereocenters. The molecule has 0 spiro atoms. The summed E-state index contributed by atoms with van der Waals surface area (Å²) in [6.07, 6.45) is 2.00. The summed E-state index contributed by atoms with van der Waals surface area (Å²) < 4.78 is 0. The third-order valence-corrected chi connectivity index (χ3v) is 4.91. The third kappa shape index (κ3) is 0.973. The lowest BCUT2D eigenvalue weighted by molar-refractivity contribution is -0.180. The van der Waals surface area contributed by atoms with E-state index in [-0.39, 0.29) is 36.6 Å². The average Bonchev–Trinajstić information content (AvgIpc) is 2.28. The van der Waals surface area contributed by atoms with Gasteiger partial charge in [0, 0.05) is 11.8 Å². The Labute approximate surface area is 93.6 Å². The molecule has 0 heterocycles. The van der Waals surface area contributed by atoms with Gasteiger partial charge in [-0.3, -0.25) is 9.59 Å². The Kier molecular flexibility index (Phi) is 1.91. The van der Waals surface area contributed by atoms with E-state index in [9.17, 15) is 19.8 Å². The van der Waals surface area contributed by atoms with E-state index in [2.05, 4.69) is 0 Å². The van der Waals surface area contributed by atoms with Crippen LogP contribution in [0.15, 0.2) is 0 Å². The molecule has 4 bridgehead atoms. The highest BCUT2D eigenvalue weighted by Gasteiger charge is 2.66. The highest BCUT2D eigenvalue weighted by Crippen LogP contribution is 2.61. The molecule has 0 aromatic carbocycles. The maximum absolute atomic E-state index is 12.1. The van der Waals surface area contributed by atoms with Crippen LogP contribution in [0.25, 0.3) is 0 Å². The molecule has 4 nitrogen and oxygen atoms in total. The molecule has 0 saturated heterocycles. The van der Waals surface area contributed by atoms with Gasteiger partial charge in [-0.25, -0.2) is 0 Å². The van der Waals surface area contributed by atoms with Gasteiger partial charge in [0.1, 0.15) is 11.6 Å². The summed E-state index contributed by atoms with van der Waals surface area (Å²) in [4.78, 5) is 24.3. The molecule has 4 heteroatoms. The van der Waals surface area contributed by atoms with Crippen molar-refractivity contribution in [1.82, 2.24) is 0 Å². The second kappa shape index (κ2) is 2.93. The molecule has 4 fully saturated rings. The summed E-state index contributed by atoms with van der Waals surface area (Å²) >= 11 is 0. The summed E-state index contributed by atoms with van der Waals surface area (Å²) in [6.45, 7) is -0.346.